The van der Waals surface area contributed by atoms with E-state index in [4.69, 9.17) is 5.84 Å². The van der Waals surface area contributed by atoms with Crippen LogP contribution >= 0.6 is 0 Å². The lowest BCUT2D eigenvalue weighted by Gasteiger charge is -2.05. The fraction of sp³-hybridized carbons (Fsp3) is 0.300. The van der Waals surface area contributed by atoms with Crippen LogP contribution in [0.1, 0.15) is 22.3 Å². The molecule has 1 rings (SSSR count). The van der Waals surface area contributed by atoms with Crippen molar-refractivity contribution in [3.05, 3.63) is 34.4 Å². The summed E-state index contributed by atoms with van der Waals surface area (Å²) in [6.07, 6.45) is 1.70. The molecule has 64 valence electrons. The molecule has 0 aliphatic carbocycles. The normalized spacial score (nSPS) is 10.9. The van der Waals surface area contributed by atoms with Crippen LogP contribution in [0, 0.1) is 20.8 Å². The molecule has 0 bridgehead atoms. The zero-order valence-electron chi connectivity index (χ0n) is 7.76. The van der Waals surface area contributed by atoms with Gasteiger partial charge in [-0.3, -0.25) is 0 Å². The molecule has 2 N–H and O–H groups in total. The van der Waals surface area contributed by atoms with Gasteiger partial charge in [-0.25, -0.2) is 0 Å². The van der Waals surface area contributed by atoms with Crippen molar-refractivity contribution in [1.29, 1.82) is 0 Å². The molecule has 12 heavy (non-hydrogen) atoms. The minimum atomic E-state index is 1.13. The maximum absolute atomic E-state index is 5.11. The average Bonchev–Trinajstić information content (AvgIpc) is 1.96. The molecule has 0 amide bonds. The lowest BCUT2D eigenvalue weighted by Crippen LogP contribution is -1.95. The Labute approximate surface area is 73.1 Å². The molecule has 0 aliphatic heterocycles. The quantitative estimate of drug-likeness (QED) is 0.382. The van der Waals surface area contributed by atoms with E-state index in [1.807, 2.05) is 0 Å². The summed E-state index contributed by atoms with van der Waals surface area (Å²) in [5.74, 6) is 5.11. The van der Waals surface area contributed by atoms with Gasteiger partial charge >= 0.3 is 0 Å². The first kappa shape index (κ1) is 8.78. The Morgan fingerprint density at radius 2 is 1.67 bits per heavy atom. The van der Waals surface area contributed by atoms with Crippen molar-refractivity contribution >= 4 is 6.21 Å². The Kier molecular flexibility index (Phi) is 2.48. The van der Waals surface area contributed by atoms with Crippen molar-refractivity contribution < 1.29 is 0 Å². The van der Waals surface area contributed by atoms with E-state index in [2.05, 4.69) is 38.0 Å². The molecule has 0 radical (unpaired) electrons. The molecule has 0 atom stereocenters. The van der Waals surface area contributed by atoms with Crippen LogP contribution in [0.2, 0.25) is 0 Å². The summed E-state index contributed by atoms with van der Waals surface area (Å²) in [5.41, 5.74) is 4.85. The number of hydrogen-bond acceptors (Lipinski definition) is 2. The van der Waals surface area contributed by atoms with E-state index in [1.54, 1.807) is 6.21 Å². The van der Waals surface area contributed by atoms with Crippen molar-refractivity contribution in [3.8, 4) is 0 Å². The summed E-state index contributed by atoms with van der Waals surface area (Å²) in [4.78, 5) is 0. The van der Waals surface area contributed by atoms with E-state index in [-0.39, 0.29) is 0 Å². The molecule has 0 fully saturated rings. The minimum Gasteiger partial charge on any atom is -0.323 e. The lowest BCUT2D eigenvalue weighted by molar-refractivity contribution is 1.24. The van der Waals surface area contributed by atoms with Crippen LogP contribution in [0.4, 0.5) is 0 Å². The fourth-order valence-electron chi connectivity index (χ4n) is 1.47. The van der Waals surface area contributed by atoms with Gasteiger partial charge in [0.2, 0.25) is 0 Å². The third kappa shape index (κ3) is 1.64. The average molecular weight is 162 g/mol. The second kappa shape index (κ2) is 3.39. The number of aryl methyl sites for hydroxylation is 3. The number of rotatable bonds is 1. The molecule has 0 aliphatic rings. The van der Waals surface area contributed by atoms with E-state index < -0.39 is 0 Å². The maximum Gasteiger partial charge on any atom is 0.0543 e. The van der Waals surface area contributed by atoms with E-state index in [9.17, 15) is 0 Å². The van der Waals surface area contributed by atoms with E-state index in [0.717, 1.165) is 5.56 Å². The largest absolute Gasteiger partial charge is 0.323 e. The Hall–Kier alpha value is -1.31. The molecular weight excluding hydrogens is 148 g/mol. The third-order valence-electron chi connectivity index (χ3n) is 1.94. The molecule has 0 saturated carbocycles. The standard InChI is InChI=1S/C10H14N2/c1-7-4-8(2)10(6-12-11)9(3)5-7/h4-6H,11H2,1-3H3. The number of benzene rings is 1. The van der Waals surface area contributed by atoms with Gasteiger partial charge in [-0.1, -0.05) is 17.7 Å². The second-order valence-corrected chi connectivity index (χ2v) is 3.09. The van der Waals surface area contributed by atoms with Gasteiger partial charge in [-0.2, -0.15) is 5.10 Å². The number of hydrazone groups is 1. The van der Waals surface area contributed by atoms with Gasteiger partial charge in [0.25, 0.3) is 0 Å². The number of hydrogen-bond donors (Lipinski definition) is 1. The molecule has 1 aromatic rings. The highest BCUT2D eigenvalue weighted by molar-refractivity contribution is 5.83. The predicted octanol–water partition coefficient (Wildman–Crippen LogP) is 1.90. The lowest BCUT2D eigenvalue weighted by atomic mass is 10.0. The van der Waals surface area contributed by atoms with Gasteiger partial charge in [-0.05, 0) is 31.9 Å². The van der Waals surface area contributed by atoms with Crippen molar-refractivity contribution in [1.82, 2.24) is 0 Å². The van der Waals surface area contributed by atoms with Crippen molar-refractivity contribution in [2.45, 2.75) is 20.8 Å². The first-order chi connectivity index (χ1) is 5.65. The zero-order valence-corrected chi connectivity index (χ0v) is 7.76. The van der Waals surface area contributed by atoms with Gasteiger partial charge < -0.3 is 5.84 Å². The van der Waals surface area contributed by atoms with Gasteiger partial charge in [0, 0.05) is 5.56 Å². The Balaban J connectivity index is 3.28. The predicted molar refractivity (Wildman–Crippen MR) is 52.4 cm³/mol. The molecule has 1 aromatic carbocycles. The molecule has 0 spiro atoms. The Morgan fingerprint density at radius 1 is 1.17 bits per heavy atom. The molecule has 0 saturated heterocycles. The third-order valence-corrected chi connectivity index (χ3v) is 1.94. The topological polar surface area (TPSA) is 38.4 Å². The van der Waals surface area contributed by atoms with Crippen molar-refractivity contribution in [2.75, 3.05) is 0 Å². The van der Waals surface area contributed by atoms with Gasteiger partial charge in [0.15, 0.2) is 0 Å². The molecule has 2 heteroatoms. The number of nitrogens with zero attached hydrogens (tertiary/aromatic N) is 1. The van der Waals surface area contributed by atoms with Crippen LogP contribution in [0.5, 0.6) is 0 Å². The van der Waals surface area contributed by atoms with Crippen LogP contribution < -0.4 is 5.84 Å². The van der Waals surface area contributed by atoms with Crippen LogP contribution in [0.15, 0.2) is 17.2 Å². The van der Waals surface area contributed by atoms with Crippen LogP contribution in [-0.2, 0) is 0 Å². The van der Waals surface area contributed by atoms with Crippen LogP contribution in [0.25, 0.3) is 0 Å². The maximum atomic E-state index is 5.11. The van der Waals surface area contributed by atoms with Crippen LogP contribution in [0.3, 0.4) is 0 Å². The summed E-state index contributed by atoms with van der Waals surface area (Å²) >= 11 is 0. The summed E-state index contributed by atoms with van der Waals surface area (Å²) in [6, 6.07) is 4.26. The first-order valence-electron chi connectivity index (χ1n) is 3.96. The van der Waals surface area contributed by atoms with Crippen LogP contribution in [-0.4, -0.2) is 6.21 Å². The Morgan fingerprint density at radius 3 is 2.08 bits per heavy atom. The zero-order chi connectivity index (χ0) is 9.14. The van der Waals surface area contributed by atoms with Crippen molar-refractivity contribution in [3.63, 3.8) is 0 Å². The first-order valence-corrected chi connectivity index (χ1v) is 3.96. The summed E-state index contributed by atoms with van der Waals surface area (Å²) in [5, 5.41) is 3.53. The van der Waals surface area contributed by atoms with E-state index in [1.165, 1.54) is 16.7 Å². The number of nitrogens with two attached hydrogens (primary N) is 1. The highest BCUT2D eigenvalue weighted by atomic mass is 15.1. The van der Waals surface area contributed by atoms with E-state index in [0.29, 0.717) is 0 Å². The van der Waals surface area contributed by atoms with Gasteiger partial charge in [0.05, 0.1) is 6.21 Å². The Bertz CT molecular complexity index is 291. The van der Waals surface area contributed by atoms with Crippen molar-refractivity contribution in [2.24, 2.45) is 10.9 Å². The van der Waals surface area contributed by atoms with E-state index >= 15 is 0 Å². The van der Waals surface area contributed by atoms with Gasteiger partial charge in [0.1, 0.15) is 0 Å². The highest BCUT2D eigenvalue weighted by Gasteiger charge is 1.99. The summed E-state index contributed by atoms with van der Waals surface area (Å²) in [6.45, 7) is 6.22. The fourth-order valence-corrected chi connectivity index (χ4v) is 1.47. The molecular formula is C10H14N2. The summed E-state index contributed by atoms with van der Waals surface area (Å²) < 4.78 is 0. The van der Waals surface area contributed by atoms with Gasteiger partial charge in [-0.15, -0.1) is 0 Å². The molecule has 2 nitrogen and oxygen atoms in total. The highest BCUT2D eigenvalue weighted by Crippen LogP contribution is 2.13. The molecule has 0 aromatic heterocycles. The summed E-state index contributed by atoms with van der Waals surface area (Å²) in [7, 11) is 0. The monoisotopic (exact) mass is 162 g/mol. The second-order valence-electron chi connectivity index (χ2n) is 3.09. The molecule has 0 heterocycles. The minimum absolute atomic E-state index is 1.13. The SMILES string of the molecule is Cc1cc(C)c(C=NN)c(C)c1. The molecule has 0 unspecified atom stereocenters. The smallest absolute Gasteiger partial charge is 0.0543 e.